The Labute approximate surface area is 157 Å². The van der Waals surface area contributed by atoms with E-state index in [4.69, 9.17) is 5.73 Å². The Bertz CT molecular complexity index is 873. The molecule has 1 aromatic carbocycles. The van der Waals surface area contributed by atoms with E-state index in [0.29, 0.717) is 28.8 Å². The van der Waals surface area contributed by atoms with E-state index in [1.54, 1.807) is 6.92 Å². The molecule has 0 aliphatic carbocycles. The number of piperazine rings is 1. The van der Waals surface area contributed by atoms with Gasteiger partial charge in [-0.1, -0.05) is 23.5 Å². The van der Waals surface area contributed by atoms with Crippen LogP contribution in [0.3, 0.4) is 0 Å². The molecule has 6 nitrogen and oxygen atoms in total. The lowest BCUT2D eigenvalue weighted by Crippen LogP contribution is -2.49. The summed E-state index contributed by atoms with van der Waals surface area (Å²) in [4.78, 5) is 31.9. The SMILES string of the molecule is Cc1nc(N2CCN(C(=O)c3ccccc3C(F)(F)F)CC2)sc1C(N)=O. The molecule has 0 atom stereocenters. The van der Waals surface area contributed by atoms with Crippen LogP contribution in [0.4, 0.5) is 18.3 Å². The summed E-state index contributed by atoms with van der Waals surface area (Å²) in [6.45, 7) is 3.02. The van der Waals surface area contributed by atoms with Gasteiger partial charge in [0.2, 0.25) is 0 Å². The van der Waals surface area contributed by atoms with Crippen molar-refractivity contribution < 1.29 is 22.8 Å². The largest absolute Gasteiger partial charge is 0.417 e. The maximum atomic E-state index is 13.1. The summed E-state index contributed by atoms with van der Waals surface area (Å²) in [5.74, 6) is -1.19. The Balaban J connectivity index is 1.72. The number of hydrogen-bond donors (Lipinski definition) is 1. The van der Waals surface area contributed by atoms with E-state index < -0.39 is 23.6 Å². The monoisotopic (exact) mass is 398 g/mol. The first-order valence-electron chi connectivity index (χ1n) is 8.16. The third-order valence-corrected chi connectivity index (χ3v) is 5.54. The average Bonchev–Trinajstić information content (AvgIpc) is 3.02. The smallest absolute Gasteiger partial charge is 0.365 e. The van der Waals surface area contributed by atoms with Crippen LogP contribution >= 0.6 is 11.3 Å². The number of carbonyl (C=O) groups is 2. The molecule has 0 radical (unpaired) electrons. The van der Waals surface area contributed by atoms with Crippen LogP contribution in [0.25, 0.3) is 0 Å². The second kappa shape index (κ2) is 7.18. The number of aryl methyl sites for hydroxylation is 1. The fourth-order valence-corrected chi connectivity index (χ4v) is 3.90. The zero-order chi connectivity index (χ0) is 19.8. The number of alkyl halides is 3. The maximum Gasteiger partial charge on any atom is 0.417 e. The maximum absolute atomic E-state index is 13.1. The molecule has 10 heteroatoms. The molecule has 1 fully saturated rings. The molecular formula is C17H17F3N4O2S. The molecule has 1 aliphatic heterocycles. The van der Waals surface area contributed by atoms with Crippen molar-refractivity contribution in [3.05, 3.63) is 46.0 Å². The van der Waals surface area contributed by atoms with Crippen LogP contribution in [0.2, 0.25) is 0 Å². The van der Waals surface area contributed by atoms with Gasteiger partial charge < -0.3 is 15.5 Å². The summed E-state index contributed by atoms with van der Waals surface area (Å²) < 4.78 is 39.4. The molecule has 1 saturated heterocycles. The number of primary amides is 1. The van der Waals surface area contributed by atoms with Crippen molar-refractivity contribution in [3.8, 4) is 0 Å². The van der Waals surface area contributed by atoms with Gasteiger partial charge in [0.15, 0.2) is 5.13 Å². The lowest BCUT2D eigenvalue weighted by Gasteiger charge is -2.35. The van der Waals surface area contributed by atoms with E-state index in [1.165, 1.54) is 34.4 Å². The first-order chi connectivity index (χ1) is 12.7. The number of benzene rings is 1. The van der Waals surface area contributed by atoms with Gasteiger partial charge in [-0.25, -0.2) is 4.98 Å². The van der Waals surface area contributed by atoms with Gasteiger partial charge in [-0.15, -0.1) is 0 Å². The van der Waals surface area contributed by atoms with E-state index in [1.807, 2.05) is 4.90 Å². The molecule has 2 heterocycles. The van der Waals surface area contributed by atoms with E-state index in [0.717, 1.165) is 6.07 Å². The molecular weight excluding hydrogens is 381 g/mol. The molecule has 3 rings (SSSR count). The van der Waals surface area contributed by atoms with Crippen molar-refractivity contribution in [2.75, 3.05) is 31.1 Å². The normalized spacial score (nSPS) is 15.1. The zero-order valence-corrected chi connectivity index (χ0v) is 15.2. The first-order valence-corrected chi connectivity index (χ1v) is 8.98. The summed E-state index contributed by atoms with van der Waals surface area (Å²) in [6.07, 6.45) is -4.59. The summed E-state index contributed by atoms with van der Waals surface area (Å²) in [5.41, 5.74) is 4.56. The zero-order valence-electron chi connectivity index (χ0n) is 14.4. The Morgan fingerprint density at radius 2 is 1.78 bits per heavy atom. The summed E-state index contributed by atoms with van der Waals surface area (Å²) in [6, 6.07) is 4.79. The molecule has 1 aliphatic rings. The summed E-state index contributed by atoms with van der Waals surface area (Å²) in [5, 5.41) is 0.615. The number of rotatable bonds is 3. The van der Waals surface area contributed by atoms with Crippen LogP contribution in [-0.4, -0.2) is 47.9 Å². The van der Waals surface area contributed by atoms with Crippen molar-refractivity contribution in [2.24, 2.45) is 5.73 Å². The highest BCUT2D eigenvalue weighted by atomic mass is 32.1. The Hall–Kier alpha value is -2.62. The Morgan fingerprint density at radius 3 is 2.33 bits per heavy atom. The first kappa shape index (κ1) is 19.2. The van der Waals surface area contributed by atoms with Crippen LogP contribution in [0.15, 0.2) is 24.3 Å². The second-order valence-corrected chi connectivity index (χ2v) is 7.08. The van der Waals surface area contributed by atoms with Crippen LogP contribution < -0.4 is 10.6 Å². The van der Waals surface area contributed by atoms with Crippen molar-refractivity contribution in [1.29, 1.82) is 0 Å². The van der Waals surface area contributed by atoms with Gasteiger partial charge in [0.25, 0.3) is 11.8 Å². The Morgan fingerprint density at radius 1 is 1.15 bits per heavy atom. The van der Waals surface area contributed by atoms with Gasteiger partial charge in [-0.05, 0) is 19.1 Å². The fourth-order valence-electron chi connectivity index (χ4n) is 2.93. The van der Waals surface area contributed by atoms with Gasteiger partial charge in [-0.2, -0.15) is 13.2 Å². The minimum absolute atomic E-state index is 0.259. The number of carbonyl (C=O) groups excluding carboxylic acids is 2. The highest BCUT2D eigenvalue weighted by Crippen LogP contribution is 2.33. The van der Waals surface area contributed by atoms with E-state index >= 15 is 0 Å². The van der Waals surface area contributed by atoms with Crippen LogP contribution in [-0.2, 0) is 6.18 Å². The van der Waals surface area contributed by atoms with Gasteiger partial charge in [0.05, 0.1) is 16.8 Å². The number of aromatic nitrogens is 1. The molecule has 2 N–H and O–H groups in total. The van der Waals surface area contributed by atoms with Gasteiger partial charge >= 0.3 is 6.18 Å². The average molecular weight is 398 g/mol. The summed E-state index contributed by atoms with van der Waals surface area (Å²) >= 11 is 1.17. The Kier molecular flexibility index (Phi) is 5.09. The van der Waals surface area contributed by atoms with Gasteiger partial charge in [0.1, 0.15) is 4.88 Å². The van der Waals surface area contributed by atoms with Gasteiger partial charge in [-0.3, -0.25) is 9.59 Å². The highest BCUT2D eigenvalue weighted by Gasteiger charge is 2.36. The number of hydrogen-bond acceptors (Lipinski definition) is 5. The quantitative estimate of drug-likeness (QED) is 0.862. The van der Waals surface area contributed by atoms with Crippen LogP contribution in [0, 0.1) is 6.92 Å². The molecule has 1 aromatic heterocycles. The van der Waals surface area contributed by atoms with Gasteiger partial charge in [0, 0.05) is 26.2 Å². The predicted molar refractivity (Wildman–Crippen MR) is 94.9 cm³/mol. The molecule has 0 bridgehead atoms. The minimum atomic E-state index is -4.59. The lowest BCUT2D eigenvalue weighted by atomic mass is 10.1. The molecule has 2 amide bonds. The van der Waals surface area contributed by atoms with Crippen LogP contribution in [0.1, 0.15) is 31.3 Å². The highest BCUT2D eigenvalue weighted by molar-refractivity contribution is 7.17. The molecule has 144 valence electrons. The van der Waals surface area contributed by atoms with Crippen molar-refractivity contribution in [1.82, 2.24) is 9.88 Å². The lowest BCUT2D eigenvalue weighted by molar-refractivity contribution is -0.138. The van der Waals surface area contributed by atoms with E-state index in [-0.39, 0.29) is 18.7 Å². The topological polar surface area (TPSA) is 79.5 Å². The number of thiazole rings is 1. The molecule has 27 heavy (non-hydrogen) atoms. The predicted octanol–water partition coefficient (Wildman–Crippen LogP) is 2.53. The molecule has 0 spiro atoms. The third kappa shape index (κ3) is 3.90. The van der Waals surface area contributed by atoms with E-state index in [2.05, 4.69) is 4.98 Å². The number of nitrogens with zero attached hydrogens (tertiary/aromatic N) is 3. The standard InChI is InChI=1S/C17H17F3N4O2S/c1-10-13(14(21)25)27-16(22-10)24-8-6-23(7-9-24)15(26)11-4-2-3-5-12(11)17(18,19)20/h2-5H,6-9H2,1H3,(H2,21,25). The van der Waals surface area contributed by atoms with Crippen molar-refractivity contribution in [2.45, 2.75) is 13.1 Å². The minimum Gasteiger partial charge on any atom is -0.365 e. The van der Waals surface area contributed by atoms with E-state index in [9.17, 15) is 22.8 Å². The number of amides is 2. The number of anilines is 1. The molecule has 0 saturated carbocycles. The van der Waals surface area contributed by atoms with Crippen molar-refractivity contribution >= 4 is 28.3 Å². The molecule has 2 aromatic rings. The van der Waals surface area contributed by atoms with Crippen molar-refractivity contribution in [3.63, 3.8) is 0 Å². The third-order valence-electron chi connectivity index (χ3n) is 4.31. The second-order valence-electron chi connectivity index (χ2n) is 6.10. The number of halogens is 3. The number of nitrogens with two attached hydrogens (primary N) is 1. The molecule has 0 unspecified atom stereocenters. The summed E-state index contributed by atoms with van der Waals surface area (Å²) in [7, 11) is 0. The fraction of sp³-hybridized carbons (Fsp3) is 0.353. The van der Waals surface area contributed by atoms with Crippen LogP contribution in [0.5, 0.6) is 0 Å².